The molecule has 0 bridgehead atoms. The summed E-state index contributed by atoms with van der Waals surface area (Å²) in [6.45, 7) is 0.514. The summed E-state index contributed by atoms with van der Waals surface area (Å²) in [5.41, 5.74) is 6.15. The Morgan fingerprint density at radius 3 is 2.64 bits per heavy atom. The third-order valence-corrected chi connectivity index (χ3v) is 7.10. The molecule has 138 valence electrons. The monoisotopic (exact) mass is 403 g/mol. The minimum atomic E-state index is -2.91. The molecule has 0 aliphatic carbocycles. The first-order valence-corrected chi connectivity index (χ1v) is 10.9. The number of amides is 1. The first-order valence-electron chi connectivity index (χ1n) is 7.65. The maximum atomic E-state index is 11.8. The summed E-state index contributed by atoms with van der Waals surface area (Å²) in [5.74, 6) is 1.09. The minimum absolute atomic E-state index is 0.00380. The van der Waals surface area contributed by atoms with Crippen molar-refractivity contribution >= 4 is 44.8 Å². The number of hydrogen-bond donors (Lipinski definition) is 3. The average Bonchev–Trinajstić information content (AvgIpc) is 2.95. The number of hydrazine groups is 1. The van der Waals surface area contributed by atoms with E-state index in [-0.39, 0.29) is 28.4 Å². The number of thiocarbonyl (C=S) groups is 1. The third-order valence-electron chi connectivity index (χ3n) is 3.57. The van der Waals surface area contributed by atoms with Crippen molar-refractivity contribution in [1.82, 2.24) is 16.2 Å². The molecule has 0 aromatic heterocycles. The zero-order valence-corrected chi connectivity index (χ0v) is 16.2. The smallest absolute Gasteiger partial charge is 0.248 e. The van der Waals surface area contributed by atoms with Crippen molar-refractivity contribution < 1.29 is 17.9 Å². The fourth-order valence-electron chi connectivity index (χ4n) is 2.22. The highest BCUT2D eigenvalue weighted by atomic mass is 32.2. The Bertz CT molecular complexity index is 707. The van der Waals surface area contributed by atoms with Crippen LogP contribution >= 0.6 is 24.0 Å². The van der Waals surface area contributed by atoms with Crippen LogP contribution in [0, 0.1) is 0 Å². The van der Waals surface area contributed by atoms with Crippen molar-refractivity contribution in [3.05, 3.63) is 29.8 Å². The standard InChI is InChI=1S/C15H21N3O4S3/c1-22-12-4-2-11(3-5-12)8-16-15(23)18-17-14(19)9-24-13-6-7-25(20,21)10-13/h2-5,13H,6-10H2,1H3,(H,17,19)(H2,16,18,23)/t13-/m0/s1. The van der Waals surface area contributed by atoms with Crippen molar-refractivity contribution in [2.24, 2.45) is 0 Å². The van der Waals surface area contributed by atoms with E-state index in [1.165, 1.54) is 11.8 Å². The normalized spacial score (nSPS) is 18.4. The number of benzene rings is 1. The van der Waals surface area contributed by atoms with Crippen LogP contribution in [0.4, 0.5) is 0 Å². The lowest BCUT2D eigenvalue weighted by atomic mass is 10.2. The molecule has 0 unspecified atom stereocenters. The predicted molar refractivity (Wildman–Crippen MR) is 103 cm³/mol. The topological polar surface area (TPSA) is 96.5 Å². The molecular weight excluding hydrogens is 382 g/mol. The van der Waals surface area contributed by atoms with Crippen LogP contribution in [0.2, 0.25) is 0 Å². The van der Waals surface area contributed by atoms with Crippen LogP contribution in [-0.2, 0) is 21.2 Å². The van der Waals surface area contributed by atoms with Crippen molar-refractivity contribution in [3.63, 3.8) is 0 Å². The lowest BCUT2D eigenvalue weighted by molar-refractivity contribution is -0.119. The van der Waals surface area contributed by atoms with Gasteiger partial charge in [0.15, 0.2) is 14.9 Å². The van der Waals surface area contributed by atoms with E-state index in [0.717, 1.165) is 11.3 Å². The maximum Gasteiger partial charge on any atom is 0.248 e. The summed E-state index contributed by atoms with van der Waals surface area (Å²) < 4.78 is 27.8. The van der Waals surface area contributed by atoms with E-state index in [4.69, 9.17) is 17.0 Å². The summed E-state index contributed by atoms with van der Waals surface area (Å²) in [5, 5.41) is 3.28. The van der Waals surface area contributed by atoms with E-state index in [9.17, 15) is 13.2 Å². The number of ether oxygens (including phenoxy) is 1. The molecule has 0 saturated carbocycles. The average molecular weight is 404 g/mol. The number of carbonyl (C=O) groups is 1. The lowest BCUT2D eigenvalue weighted by Gasteiger charge is -2.12. The Balaban J connectivity index is 1.61. The third kappa shape index (κ3) is 7.09. The molecule has 2 rings (SSSR count). The number of carbonyl (C=O) groups excluding carboxylic acids is 1. The summed E-state index contributed by atoms with van der Waals surface area (Å²) in [6, 6.07) is 7.55. The predicted octanol–water partition coefficient (Wildman–Crippen LogP) is 0.611. The molecule has 25 heavy (non-hydrogen) atoms. The van der Waals surface area contributed by atoms with Gasteiger partial charge in [0.2, 0.25) is 5.91 Å². The molecule has 1 saturated heterocycles. The van der Waals surface area contributed by atoms with Crippen molar-refractivity contribution in [2.45, 2.75) is 18.2 Å². The van der Waals surface area contributed by atoms with E-state index in [1.807, 2.05) is 24.3 Å². The molecular formula is C15H21N3O4S3. The maximum absolute atomic E-state index is 11.8. The molecule has 1 fully saturated rings. The largest absolute Gasteiger partial charge is 0.497 e. The van der Waals surface area contributed by atoms with Crippen molar-refractivity contribution in [1.29, 1.82) is 0 Å². The van der Waals surface area contributed by atoms with E-state index in [1.54, 1.807) is 7.11 Å². The van der Waals surface area contributed by atoms with Gasteiger partial charge < -0.3 is 10.1 Å². The van der Waals surface area contributed by atoms with Gasteiger partial charge in [-0.15, -0.1) is 11.8 Å². The van der Waals surface area contributed by atoms with Crippen LogP contribution in [0.3, 0.4) is 0 Å². The molecule has 7 nitrogen and oxygen atoms in total. The quantitative estimate of drug-likeness (QED) is 0.470. The van der Waals surface area contributed by atoms with Crippen LogP contribution in [-0.4, -0.2) is 49.1 Å². The van der Waals surface area contributed by atoms with Crippen molar-refractivity contribution in [2.75, 3.05) is 24.4 Å². The zero-order valence-electron chi connectivity index (χ0n) is 13.8. The molecule has 0 radical (unpaired) electrons. The summed E-state index contributed by atoms with van der Waals surface area (Å²) in [4.78, 5) is 11.8. The van der Waals surface area contributed by atoms with E-state index in [2.05, 4.69) is 16.2 Å². The molecule has 1 aromatic rings. The molecule has 3 N–H and O–H groups in total. The van der Waals surface area contributed by atoms with Gasteiger partial charge in [-0.2, -0.15) is 0 Å². The van der Waals surface area contributed by atoms with Gasteiger partial charge in [0.1, 0.15) is 5.75 Å². The molecule has 1 aromatic carbocycles. The summed E-state index contributed by atoms with van der Waals surface area (Å²) >= 11 is 6.45. The Morgan fingerprint density at radius 2 is 2.04 bits per heavy atom. The minimum Gasteiger partial charge on any atom is -0.497 e. The number of thioether (sulfide) groups is 1. The van der Waals surface area contributed by atoms with Gasteiger partial charge in [0.05, 0.1) is 24.4 Å². The number of methoxy groups -OCH3 is 1. The molecule has 10 heteroatoms. The Hall–Kier alpha value is -1.52. The first-order chi connectivity index (χ1) is 11.9. The van der Waals surface area contributed by atoms with Crippen LogP contribution in [0.15, 0.2) is 24.3 Å². The SMILES string of the molecule is COc1ccc(CNC(=S)NNC(=O)CS[C@H]2CCS(=O)(=O)C2)cc1. The molecule has 1 aliphatic heterocycles. The molecule has 1 aliphatic rings. The lowest BCUT2D eigenvalue weighted by Crippen LogP contribution is -2.47. The Kier molecular flexibility index (Phi) is 7.33. The van der Waals surface area contributed by atoms with Gasteiger partial charge in [-0.3, -0.25) is 15.6 Å². The van der Waals surface area contributed by atoms with E-state index < -0.39 is 9.84 Å². The highest BCUT2D eigenvalue weighted by Gasteiger charge is 2.28. The molecule has 1 amide bonds. The second-order valence-electron chi connectivity index (χ2n) is 5.54. The highest BCUT2D eigenvalue weighted by Crippen LogP contribution is 2.23. The van der Waals surface area contributed by atoms with E-state index in [0.29, 0.717) is 18.1 Å². The summed E-state index contributed by atoms with van der Waals surface area (Å²) in [6.07, 6.45) is 0.607. The van der Waals surface area contributed by atoms with Crippen LogP contribution in [0.5, 0.6) is 5.75 Å². The fraction of sp³-hybridized carbons (Fsp3) is 0.467. The molecule has 0 spiro atoms. The number of hydrogen-bond acceptors (Lipinski definition) is 6. The Labute approximate surface area is 157 Å². The molecule has 1 atom stereocenters. The number of nitrogens with one attached hydrogen (secondary N) is 3. The number of rotatable bonds is 6. The summed E-state index contributed by atoms with van der Waals surface area (Å²) in [7, 11) is -1.30. The van der Waals surface area contributed by atoms with Gasteiger partial charge in [-0.1, -0.05) is 12.1 Å². The fourth-order valence-corrected chi connectivity index (χ4v) is 5.78. The van der Waals surface area contributed by atoms with Crippen LogP contribution < -0.4 is 20.9 Å². The van der Waals surface area contributed by atoms with Gasteiger partial charge in [0, 0.05) is 11.8 Å². The van der Waals surface area contributed by atoms with Gasteiger partial charge >= 0.3 is 0 Å². The zero-order chi connectivity index (χ0) is 18.3. The van der Waals surface area contributed by atoms with E-state index >= 15 is 0 Å². The van der Waals surface area contributed by atoms with Crippen LogP contribution in [0.1, 0.15) is 12.0 Å². The number of sulfone groups is 1. The second kappa shape index (κ2) is 9.25. The first kappa shape index (κ1) is 19.8. The van der Waals surface area contributed by atoms with Gasteiger partial charge in [0.25, 0.3) is 0 Å². The second-order valence-corrected chi connectivity index (χ2v) is 9.47. The highest BCUT2D eigenvalue weighted by molar-refractivity contribution is 8.02. The van der Waals surface area contributed by atoms with Gasteiger partial charge in [-0.05, 0) is 36.3 Å². The van der Waals surface area contributed by atoms with Crippen molar-refractivity contribution in [3.8, 4) is 5.75 Å². The van der Waals surface area contributed by atoms with Gasteiger partial charge in [-0.25, -0.2) is 8.42 Å². The molecule has 1 heterocycles. The van der Waals surface area contributed by atoms with Crippen LogP contribution in [0.25, 0.3) is 0 Å². The Morgan fingerprint density at radius 1 is 1.32 bits per heavy atom.